The molecule has 82 valence electrons. The highest BCUT2D eigenvalue weighted by atomic mass is 16.6. The Morgan fingerprint density at radius 1 is 1.50 bits per heavy atom. The van der Waals surface area contributed by atoms with E-state index in [1.807, 2.05) is 0 Å². The third-order valence-corrected chi connectivity index (χ3v) is 3.20. The Morgan fingerprint density at radius 3 is 3.00 bits per heavy atom. The van der Waals surface area contributed by atoms with Crippen molar-refractivity contribution >= 4 is 11.8 Å². The lowest BCUT2D eigenvalue weighted by Gasteiger charge is -2.23. The number of carbonyl (C=O) groups excluding carboxylic acids is 2. The summed E-state index contributed by atoms with van der Waals surface area (Å²) in [4.78, 5) is 23.6. The molecule has 0 saturated heterocycles. The molecule has 0 bridgehead atoms. The van der Waals surface area contributed by atoms with Crippen LogP contribution in [0.25, 0.3) is 0 Å². The standard InChI is InChI=1S/C12H10O4/c1-15-11(14)12-6-8(12)10(13)7-4-2-3-5-9(7)16-12/h2-5,8H,6H2,1H3/t8-,12-/m1/s1. The zero-order valence-electron chi connectivity index (χ0n) is 8.73. The first-order chi connectivity index (χ1) is 7.69. The molecular formula is C12H10O4. The van der Waals surface area contributed by atoms with E-state index in [0.29, 0.717) is 17.7 Å². The maximum atomic E-state index is 12.0. The van der Waals surface area contributed by atoms with Crippen LogP contribution in [-0.2, 0) is 9.53 Å². The molecule has 0 aromatic heterocycles. The van der Waals surface area contributed by atoms with Crippen molar-refractivity contribution in [2.45, 2.75) is 12.0 Å². The van der Waals surface area contributed by atoms with Crippen LogP contribution in [0.4, 0.5) is 0 Å². The minimum atomic E-state index is -1.04. The maximum absolute atomic E-state index is 12.0. The molecule has 4 heteroatoms. The van der Waals surface area contributed by atoms with E-state index in [4.69, 9.17) is 4.74 Å². The summed E-state index contributed by atoms with van der Waals surface area (Å²) < 4.78 is 10.3. The first-order valence-electron chi connectivity index (χ1n) is 5.10. The summed E-state index contributed by atoms with van der Waals surface area (Å²) in [5.74, 6) is -0.367. The molecule has 1 fully saturated rings. The molecule has 0 radical (unpaired) electrons. The molecule has 1 saturated carbocycles. The molecule has 2 atom stereocenters. The second-order valence-corrected chi connectivity index (χ2v) is 4.10. The Balaban J connectivity index is 2.05. The number of ether oxygens (including phenoxy) is 2. The van der Waals surface area contributed by atoms with E-state index in [9.17, 15) is 9.59 Å². The average molecular weight is 218 g/mol. The summed E-state index contributed by atoms with van der Waals surface area (Å²) in [6, 6.07) is 6.98. The monoisotopic (exact) mass is 218 g/mol. The Kier molecular flexibility index (Phi) is 1.67. The zero-order chi connectivity index (χ0) is 11.3. The highest BCUT2D eigenvalue weighted by molar-refractivity contribution is 6.09. The van der Waals surface area contributed by atoms with Crippen molar-refractivity contribution in [2.75, 3.05) is 7.11 Å². The summed E-state index contributed by atoms with van der Waals surface area (Å²) in [5, 5.41) is 0. The maximum Gasteiger partial charge on any atom is 0.351 e. The minimum absolute atomic E-state index is 0.0211. The molecule has 1 aliphatic heterocycles. The largest absolute Gasteiger partial charge is 0.474 e. The second-order valence-electron chi connectivity index (χ2n) is 4.10. The number of carbonyl (C=O) groups is 2. The van der Waals surface area contributed by atoms with E-state index in [1.165, 1.54) is 7.11 Å². The van der Waals surface area contributed by atoms with Gasteiger partial charge in [0.05, 0.1) is 18.6 Å². The lowest BCUT2D eigenvalue weighted by Crippen LogP contribution is -2.38. The summed E-state index contributed by atoms with van der Waals surface area (Å²) >= 11 is 0. The molecule has 16 heavy (non-hydrogen) atoms. The fourth-order valence-corrected chi connectivity index (χ4v) is 2.24. The van der Waals surface area contributed by atoms with Gasteiger partial charge in [0.1, 0.15) is 5.75 Å². The van der Waals surface area contributed by atoms with Gasteiger partial charge in [-0.3, -0.25) is 4.79 Å². The number of Topliss-reactive ketones (excluding diaryl/α,β-unsaturated/α-hetero) is 1. The molecule has 3 rings (SSSR count). The molecule has 0 N–H and O–H groups in total. The van der Waals surface area contributed by atoms with Crippen molar-refractivity contribution in [3.8, 4) is 5.75 Å². The molecule has 0 amide bonds. The molecule has 0 spiro atoms. The van der Waals surface area contributed by atoms with Gasteiger partial charge in [0.15, 0.2) is 5.78 Å². The number of methoxy groups -OCH3 is 1. The summed E-state index contributed by atoms with van der Waals surface area (Å²) in [6.45, 7) is 0. The van der Waals surface area contributed by atoms with Gasteiger partial charge >= 0.3 is 5.97 Å². The number of para-hydroxylation sites is 1. The van der Waals surface area contributed by atoms with E-state index in [0.717, 1.165) is 0 Å². The van der Waals surface area contributed by atoms with Crippen molar-refractivity contribution in [3.05, 3.63) is 29.8 Å². The molecule has 1 aromatic rings. The van der Waals surface area contributed by atoms with Gasteiger partial charge in [0.25, 0.3) is 0 Å². The highest BCUT2D eigenvalue weighted by Gasteiger charge is 2.70. The topological polar surface area (TPSA) is 52.6 Å². The normalized spacial score (nSPS) is 29.8. The highest BCUT2D eigenvalue weighted by Crippen LogP contribution is 2.54. The lowest BCUT2D eigenvalue weighted by atomic mass is 10.0. The van der Waals surface area contributed by atoms with Gasteiger partial charge in [-0.25, -0.2) is 4.79 Å². The number of hydrogen-bond acceptors (Lipinski definition) is 4. The Bertz CT molecular complexity index is 494. The summed E-state index contributed by atoms with van der Waals surface area (Å²) in [7, 11) is 1.31. The smallest absolute Gasteiger partial charge is 0.351 e. The van der Waals surface area contributed by atoms with Gasteiger partial charge in [-0.1, -0.05) is 12.1 Å². The number of ketones is 1. The molecule has 4 nitrogen and oxygen atoms in total. The fraction of sp³-hybridized carbons (Fsp3) is 0.333. The van der Waals surface area contributed by atoms with Gasteiger partial charge in [-0.15, -0.1) is 0 Å². The molecule has 1 heterocycles. The van der Waals surface area contributed by atoms with Crippen LogP contribution in [0.3, 0.4) is 0 Å². The van der Waals surface area contributed by atoms with Crippen molar-refractivity contribution in [2.24, 2.45) is 5.92 Å². The van der Waals surface area contributed by atoms with E-state index in [-0.39, 0.29) is 11.7 Å². The molecule has 1 aromatic carbocycles. The van der Waals surface area contributed by atoms with Crippen LogP contribution >= 0.6 is 0 Å². The lowest BCUT2D eigenvalue weighted by molar-refractivity contribution is -0.151. The third kappa shape index (κ3) is 0.988. The second kappa shape index (κ2) is 2.84. The van der Waals surface area contributed by atoms with Crippen molar-refractivity contribution < 1.29 is 19.1 Å². The van der Waals surface area contributed by atoms with Crippen LogP contribution in [0.15, 0.2) is 24.3 Å². The zero-order valence-corrected chi connectivity index (χ0v) is 8.73. The first kappa shape index (κ1) is 9.39. The van der Waals surface area contributed by atoms with Crippen LogP contribution in [0.5, 0.6) is 5.75 Å². The summed E-state index contributed by atoms with van der Waals surface area (Å²) in [6.07, 6.45) is 0.424. The van der Waals surface area contributed by atoms with E-state index < -0.39 is 11.6 Å². The SMILES string of the molecule is COC(=O)[C@@]12C[C@@H]1C(=O)c1ccccc1O2. The summed E-state index contributed by atoms with van der Waals surface area (Å²) in [5.41, 5.74) is -0.482. The predicted octanol–water partition coefficient (Wildman–Crippen LogP) is 1.19. The van der Waals surface area contributed by atoms with Crippen LogP contribution in [0, 0.1) is 5.92 Å². The van der Waals surface area contributed by atoms with Crippen molar-refractivity contribution in [1.29, 1.82) is 0 Å². The number of esters is 1. The van der Waals surface area contributed by atoms with Gasteiger partial charge in [0.2, 0.25) is 5.60 Å². The molecular weight excluding hydrogens is 208 g/mol. The van der Waals surface area contributed by atoms with E-state index in [2.05, 4.69) is 4.74 Å². The number of fused-ring (bicyclic) bond motifs is 2. The van der Waals surface area contributed by atoms with Crippen LogP contribution in [-0.4, -0.2) is 24.5 Å². The van der Waals surface area contributed by atoms with Gasteiger partial charge in [0, 0.05) is 6.42 Å². The Labute approximate surface area is 92.2 Å². The average Bonchev–Trinajstić information content (AvgIpc) is 3.04. The van der Waals surface area contributed by atoms with Gasteiger partial charge in [-0.2, -0.15) is 0 Å². The molecule has 1 aliphatic carbocycles. The Hall–Kier alpha value is -1.84. The quantitative estimate of drug-likeness (QED) is 0.664. The van der Waals surface area contributed by atoms with Crippen LogP contribution < -0.4 is 4.74 Å². The first-order valence-corrected chi connectivity index (χ1v) is 5.10. The van der Waals surface area contributed by atoms with Crippen molar-refractivity contribution in [3.63, 3.8) is 0 Å². The third-order valence-electron chi connectivity index (χ3n) is 3.20. The van der Waals surface area contributed by atoms with Gasteiger partial charge in [-0.05, 0) is 12.1 Å². The van der Waals surface area contributed by atoms with E-state index >= 15 is 0 Å². The van der Waals surface area contributed by atoms with Gasteiger partial charge < -0.3 is 9.47 Å². The number of benzene rings is 1. The van der Waals surface area contributed by atoms with Crippen LogP contribution in [0.2, 0.25) is 0 Å². The predicted molar refractivity (Wildman–Crippen MR) is 54.3 cm³/mol. The molecule has 0 unspecified atom stereocenters. The number of hydrogen-bond donors (Lipinski definition) is 0. The Morgan fingerprint density at radius 2 is 2.25 bits per heavy atom. The van der Waals surface area contributed by atoms with Crippen molar-refractivity contribution in [1.82, 2.24) is 0 Å². The minimum Gasteiger partial charge on any atom is -0.474 e. The van der Waals surface area contributed by atoms with E-state index in [1.54, 1.807) is 24.3 Å². The fourth-order valence-electron chi connectivity index (χ4n) is 2.24. The number of rotatable bonds is 1. The van der Waals surface area contributed by atoms with Crippen LogP contribution in [0.1, 0.15) is 16.8 Å². The molecule has 2 aliphatic rings.